The van der Waals surface area contributed by atoms with Crippen molar-refractivity contribution in [1.82, 2.24) is 30.3 Å². The molecule has 0 fully saturated rings. The summed E-state index contributed by atoms with van der Waals surface area (Å²) >= 11 is 0. The molecule has 3 N–H and O–H groups in total. The van der Waals surface area contributed by atoms with Gasteiger partial charge in [0.1, 0.15) is 17.3 Å². The lowest BCUT2D eigenvalue weighted by Crippen LogP contribution is -2.48. The van der Waals surface area contributed by atoms with Gasteiger partial charge >= 0.3 is 0 Å². The number of anilines is 1. The number of hydrogen-bond donors (Lipinski definition) is 3. The number of nitrogens with zero attached hydrogens (tertiary/aromatic N) is 4. The number of methoxy groups -OCH3 is 1. The summed E-state index contributed by atoms with van der Waals surface area (Å²) in [4.78, 5) is 31.9. The van der Waals surface area contributed by atoms with Crippen LogP contribution in [0.15, 0.2) is 110 Å². The molecule has 0 saturated heterocycles. The number of carbonyl (C=O) groups excluding carboxylic acids is 2. The molecule has 43 heavy (non-hydrogen) atoms. The van der Waals surface area contributed by atoms with E-state index in [1.54, 1.807) is 38.8 Å². The van der Waals surface area contributed by atoms with Crippen LogP contribution in [0, 0.1) is 0 Å². The predicted octanol–water partition coefficient (Wildman–Crippen LogP) is 4.94. The van der Waals surface area contributed by atoms with Gasteiger partial charge in [0.25, 0.3) is 5.91 Å². The van der Waals surface area contributed by atoms with E-state index in [9.17, 15) is 9.59 Å². The molecule has 10 nitrogen and oxygen atoms in total. The highest BCUT2D eigenvalue weighted by atomic mass is 16.5. The van der Waals surface area contributed by atoms with E-state index in [1.165, 1.54) is 4.68 Å². The minimum atomic E-state index is -0.941. The predicted molar refractivity (Wildman–Crippen MR) is 164 cm³/mol. The van der Waals surface area contributed by atoms with Crippen LogP contribution in [0.2, 0.25) is 0 Å². The Labute approximate surface area is 247 Å². The number of pyridine rings is 1. The first-order valence-electron chi connectivity index (χ1n) is 13.7. The molecule has 3 aromatic carbocycles. The van der Waals surface area contributed by atoms with Gasteiger partial charge in [-0.2, -0.15) is 10.2 Å². The van der Waals surface area contributed by atoms with Gasteiger partial charge in [-0.3, -0.25) is 19.4 Å². The van der Waals surface area contributed by atoms with E-state index in [1.807, 2.05) is 84.9 Å². The maximum atomic E-state index is 14.1. The summed E-state index contributed by atoms with van der Waals surface area (Å²) < 4.78 is 6.82. The van der Waals surface area contributed by atoms with E-state index in [-0.39, 0.29) is 5.91 Å². The molecule has 0 saturated carbocycles. The highest BCUT2D eigenvalue weighted by Gasteiger charge is 2.33. The standard InChI is InChI=1S/C33H29N7O3/c1-40-27(17-18-36-40)31(41)38-30(28(22-9-5-3-6-10-22)23-11-7-4-8-12-23)32(42)37-24-15-13-21(14-16-24)25-19-34-33(43-2)29-26(25)20-35-39-29/h3-20,28,30H,1-2H3,(H,35,39)(H,37,42)(H,38,41). The van der Waals surface area contributed by atoms with Gasteiger partial charge < -0.3 is 15.4 Å². The number of amides is 2. The molecule has 0 spiro atoms. The number of nitrogens with one attached hydrogen (secondary N) is 3. The summed E-state index contributed by atoms with van der Waals surface area (Å²) in [6, 6.07) is 27.5. The molecule has 6 aromatic rings. The van der Waals surface area contributed by atoms with Crippen molar-refractivity contribution in [3.63, 3.8) is 0 Å². The number of carbonyl (C=O) groups is 2. The minimum Gasteiger partial charge on any atom is -0.479 e. The Kier molecular flexibility index (Phi) is 7.64. The van der Waals surface area contributed by atoms with Crippen LogP contribution in [0.3, 0.4) is 0 Å². The van der Waals surface area contributed by atoms with Gasteiger partial charge in [-0.1, -0.05) is 72.8 Å². The molecule has 3 heterocycles. The topological polar surface area (TPSA) is 127 Å². The fourth-order valence-corrected chi connectivity index (χ4v) is 5.26. The highest BCUT2D eigenvalue weighted by Crippen LogP contribution is 2.32. The number of aromatic nitrogens is 5. The fraction of sp³-hybridized carbons (Fsp3) is 0.121. The Hall–Kier alpha value is -5.77. The first-order chi connectivity index (χ1) is 21.0. The summed E-state index contributed by atoms with van der Waals surface area (Å²) in [6.07, 6.45) is 5.01. The molecule has 0 aliphatic heterocycles. The maximum Gasteiger partial charge on any atom is 0.270 e. The van der Waals surface area contributed by atoms with Gasteiger partial charge in [-0.25, -0.2) is 4.98 Å². The van der Waals surface area contributed by atoms with E-state index in [0.717, 1.165) is 27.6 Å². The van der Waals surface area contributed by atoms with Gasteiger partial charge in [-0.05, 0) is 34.9 Å². The van der Waals surface area contributed by atoms with Crippen molar-refractivity contribution in [1.29, 1.82) is 0 Å². The van der Waals surface area contributed by atoms with Crippen molar-refractivity contribution in [2.24, 2.45) is 7.05 Å². The molecule has 10 heteroatoms. The summed E-state index contributed by atoms with van der Waals surface area (Å²) in [7, 11) is 3.25. The van der Waals surface area contributed by atoms with Gasteiger partial charge in [0, 0.05) is 42.0 Å². The zero-order chi connectivity index (χ0) is 29.8. The van der Waals surface area contributed by atoms with Crippen LogP contribution >= 0.6 is 0 Å². The number of benzene rings is 3. The number of fused-ring (bicyclic) bond motifs is 1. The Morgan fingerprint density at radius 2 is 1.56 bits per heavy atom. The van der Waals surface area contributed by atoms with Gasteiger partial charge in [0.2, 0.25) is 11.8 Å². The van der Waals surface area contributed by atoms with E-state index in [0.29, 0.717) is 22.8 Å². The van der Waals surface area contributed by atoms with Gasteiger partial charge in [-0.15, -0.1) is 0 Å². The van der Waals surface area contributed by atoms with Crippen molar-refractivity contribution >= 4 is 28.4 Å². The molecular formula is C33H29N7O3. The summed E-state index contributed by atoms with van der Waals surface area (Å²) in [5, 5.41) is 18.1. The zero-order valence-electron chi connectivity index (χ0n) is 23.6. The number of aromatic amines is 1. The number of H-pyrrole nitrogens is 1. The maximum absolute atomic E-state index is 14.1. The quantitative estimate of drug-likeness (QED) is 0.226. The second kappa shape index (κ2) is 12.0. The van der Waals surface area contributed by atoms with Crippen LogP contribution in [0.25, 0.3) is 22.0 Å². The SMILES string of the molecule is COc1ncc(-c2ccc(NC(=O)C(NC(=O)c3ccnn3C)C(c3ccccc3)c3ccccc3)cc2)c2cn[nH]c12. The Morgan fingerprint density at radius 1 is 0.884 bits per heavy atom. The van der Waals surface area contributed by atoms with Crippen LogP contribution in [0.1, 0.15) is 27.5 Å². The molecule has 0 aliphatic carbocycles. The number of hydrogen-bond acceptors (Lipinski definition) is 6. The number of rotatable bonds is 9. The molecular weight excluding hydrogens is 542 g/mol. The van der Waals surface area contributed by atoms with Gasteiger partial charge in [0.05, 0.1) is 13.3 Å². The third-order valence-electron chi connectivity index (χ3n) is 7.38. The van der Waals surface area contributed by atoms with Gasteiger partial charge in [0.15, 0.2) is 0 Å². The Bertz CT molecular complexity index is 1830. The molecule has 1 unspecified atom stereocenters. The largest absolute Gasteiger partial charge is 0.479 e. The van der Waals surface area contributed by atoms with E-state index >= 15 is 0 Å². The first kappa shape index (κ1) is 27.4. The minimum absolute atomic E-state index is 0.348. The number of ether oxygens (including phenoxy) is 1. The highest BCUT2D eigenvalue weighted by molar-refractivity contribution is 6.02. The summed E-state index contributed by atoms with van der Waals surface area (Å²) in [5.74, 6) is -0.753. The van der Waals surface area contributed by atoms with Crippen LogP contribution < -0.4 is 15.4 Å². The van der Waals surface area contributed by atoms with E-state index in [2.05, 4.69) is 30.9 Å². The first-order valence-corrected chi connectivity index (χ1v) is 13.7. The molecule has 3 aromatic heterocycles. The Morgan fingerprint density at radius 3 is 2.16 bits per heavy atom. The van der Waals surface area contributed by atoms with E-state index < -0.39 is 17.9 Å². The lowest BCUT2D eigenvalue weighted by atomic mass is 9.84. The molecule has 2 amide bonds. The van der Waals surface area contributed by atoms with Crippen LogP contribution in [-0.2, 0) is 11.8 Å². The van der Waals surface area contributed by atoms with Crippen molar-refractivity contribution in [3.8, 4) is 17.0 Å². The van der Waals surface area contributed by atoms with E-state index in [4.69, 9.17) is 4.74 Å². The number of aryl methyl sites for hydroxylation is 1. The Balaban J connectivity index is 1.33. The second-order valence-corrected chi connectivity index (χ2v) is 10.00. The van der Waals surface area contributed by atoms with Crippen LogP contribution in [0.4, 0.5) is 5.69 Å². The second-order valence-electron chi connectivity index (χ2n) is 10.00. The normalized spacial score (nSPS) is 11.8. The van der Waals surface area contributed by atoms with Crippen molar-refractivity contribution in [2.75, 3.05) is 12.4 Å². The average Bonchev–Trinajstić information content (AvgIpc) is 3.71. The smallest absolute Gasteiger partial charge is 0.270 e. The third-order valence-corrected chi connectivity index (χ3v) is 7.38. The molecule has 214 valence electrons. The lowest BCUT2D eigenvalue weighted by molar-refractivity contribution is -0.118. The zero-order valence-corrected chi connectivity index (χ0v) is 23.6. The molecule has 1 atom stereocenters. The van der Waals surface area contributed by atoms with Crippen LogP contribution in [-0.4, -0.2) is 49.9 Å². The lowest BCUT2D eigenvalue weighted by Gasteiger charge is -2.28. The third kappa shape index (κ3) is 5.58. The summed E-state index contributed by atoms with van der Waals surface area (Å²) in [6.45, 7) is 0. The molecule has 0 bridgehead atoms. The molecule has 0 aliphatic rings. The summed E-state index contributed by atoms with van der Waals surface area (Å²) in [5.41, 5.74) is 5.19. The average molecular weight is 572 g/mol. The molecule has 6 rings (SSSR count). The van der Waals surface area contributed by atoms with Crippen molar-refractivity contribution in [3.05, 3.63) is 126 Å². The molecule has 0 radical (unpaired) electrons. The van der Waals surface area contributed by atoms with Crippen LogP contribution in [0.5, 0.6) is 5.88 Å². The van der Waals surface area contributed by atoms with Crippen molar-refractivity contribution < 1.29 is 14.3 Å². The monoisotopic (exact) mass is 571 g/mol. The fourth-order valence-electron chi connectivity index (χ4n) is 5.26. The van der Waals surface area contributed by atoms with Crippen molar-refractivity contribution in [2.45, 2.75) is 12.0 Å².